The first-order valence-electron chi connectivity index (χ1n) is 6.08. The monoisotopic (exact) mass is 281 g/mol. The molecule has 0 fully saturated rings. The normalized spacial score (nSPS) is 11.4. The van der Waals surface area contributed by atoms with Gasteiger partial charge in [0.25, 0.3) is 0 Å². The molecule has 0 saturated carbocycles. The molecule has 2 aromatic rings. The van der Waals surface area contributed by atoms with Gasteiger partial charge < -0.3 is 10.1 Å². The largest absolute Gasteiger partial charge is 0.573 e. The average molecular weight is 281 g/mol. The van der Waals surface area contributed by atoms with Crippen LogP contribution in [-0.4, -0.2) is 13.4 Å². The molecule has 2 nitrogen and oxygen atoms in total. The first-order chi connectivity index (χ1) is 9.49. The second-order valence-electron chi connectivity index (χ2n) is 4.26. The Hall–Kier alpha value is -2.01. The standard InChI is InChI=1S/C15H14F3NO/c1-19-10-12-5-2-3-8-14(12)11-6-4-7-13(9-11)20-15(16,17)18/h2-9,19H,10H2,1H3. The lowest BCUT2D eigenvalue weighted by molar-refractivity contribution is -0.274. The number of hydrogen-bond acceptors (Lipinski definition) is 2. The maximum Gasteiger partial charge on any atom is 0.573 e. The van der Waals surface area contributed by atoms with Gasteiger partial charge in [0.2, 0.25) is 0 Å². The number of halogens is 3. The maximum absolute atomic E-state index is 12.2. The minimum Gasteiger partial charge on any atom is -0.406 e. The number of alkyl halides is 3. The molecule has 0 unspecified atom stereocenters. The highest BCUT2D eigenvalue weighted by Crippen LogP contribution is 2.29. The van der Waals surface area contributed by atoms with Crippen LogP contribution in [0.4, 0.5) is 13.2 Å². The molecule has 2 aromatic carbocycles. The summed E-state index contributed by atoms with van der Waals surface area (Å²) in [6.45, 7) is 0.639. The first-order valence-corrected chi connectivity index (χ1v) is 6.08. The molecule has 5 heteroatoms. The summed E-state index contributed by atoms with van der Waals surface area (Å²) in [6, 6.07) is 13.5. The molecule has 106 valence electrons. The summed E-state index contributed by atoms with van der Waals surface area (Å²) in [4.78, 5) is 0. The number of rotatable bonds is 4. The highest BCUT2D eigenvalue weighted by molar-refractivity contribution is 5.68. The van der Waals surface area contributed by atoms with Crippen molar-refractivity contribution in [2.45, 2.75) is 12.9 Å². The minimum atomic E-state index is -4.68. The number of nitrogens with one attached hydrogen (secondary N) is 1. The van der Waals surface area contributed by atoms with Crippen LogP contribution < -0.4 is 10.1 Å². The van der Waals surface area contributed by atoms with Gasteiger partial charge >= 0.3 is 6.36 Å². The fourth-order valence-corrected chi connectivity index (χ4v) is 2.01. The third-order valence-electron chi connectivity index (χ3n) is 2.76. The molecular formula is C15H14F3NO. The van der Waals surface area contributed by atoms with Crippen molar-refractivity contribution >= 4 is 0 Å². The predicted octanol–water partition coefficient (Wildman–Crippen LogP) is 3.97. The van der Waals surface area contributed by atoms with E-state index in [2.05, 4.69) is 10.1 Å². The third kappa shape index (κ3) is 3.74. The molecule has 0 aromatic heterocycles. The van der Waals surface area contributed by atoms with Crippen molar-refractivity contribution in [1.29, 1.82) is 0 Å². The molecule has 1 N–H and O–H groups in total. The van der Waals surface area contributed by atoms with Crippen LogP contribution in [0.25, 0.3) is 11.1 Å². The van der Waals surface area contributed by atoms with Crippen LogP contribution in [-0.2, 0) is 6.54 Å². The summed E-state index contributed by atoms with van der Waals surface area (Å²) in [5.74, 6) is -0.214. The number of hydrogen-bond donors (Lipinski definition) is 1. The minimum absolute atomic E-state index is 0.214. The summed E-state index contributed by atoms with van der Waals surface area (Å²) < 4.78 is 40.7. The Bertz CT molecular complexity index is 581. The van der Waals surface area contributed by atoms with Gasteiger partial charge in [0, 0.05) is 6.54 Å². The van der Waals surface area contributed by atoms with Crippen LogP contribution in [0.15, 0.2) is 48.5 Å². The number of benzene rings is 2. The van der Waals surface area contributed by atoms with E-state index in [0.29, 0.717) is 12.1 Å². The third-order valence-corrected chi connectivity index (χ3v) is 2.76. The Balaban J connectivity index is 2.36. The van der Waals surface area contributed by atoms with E-state index in [1.54, 1.807) is 12.1 Å². The van der Waals surface area contributed by atoms with Gasteiger partial charge in [-0.2, -0.15) is 0 Å². The van der Waals surface area contributed by atoms with E-state index in [-0.39, 0.29) is 5.75 Å². The molecule has 0 aliphatic heterocycles. The molecule has 0 aliphatic carbocycles. The van der Waals surface area contributed by atoms with Crippen LogP contribution in [0.2, 0.25) is 0 Å². The second kappa shape index (κ2) is 5.96. The zero-order valence-corrected chi connectivity index (χ0v) is 10.9. The van der Waals surface area contributed by atoms with E-state index in [0.717, 1.165) is 11.1 Å². The quantitative estimate of drug-likeness (QED) is 0.915. The topological polar surface area (TPSA) is 21.3 Å². The maximum atomic E-state index is 12.2. The molecular weight excluding hydrogens is 267 g/mol. The van der Waals surface area contributed by atoms with Crippen molar-refractivity contribution in [2.75, 3.05) is 7.05 Å². The highest BCUT2D eigenvalue weighted by Gasteiger charge is 2.31. The van der Waals surface area contributed by atoms with Crippen LogP contribution in [0.1, 0.15) is 5.56 Å². The molecule has 0 saturated heterocycles. The van der Waals surface area contributed by atoms with Crippen molar-refractivity contribution in [3.63, 3.8) is 0 Å². The summed E-state index contributed by atoms with van der Waals surface area (Å²) in [5.41, 5.74) is 2.59. The Morgan fingerprint density at radius 3 is 2.50 bits per heavy atom. The molecule has 0 amide bonds. The Morgan fingerprint density at radius 2 is 1.80 bits per heavy atom. The van der Waals surface area contributed by atoms with Crippen molar-refractivity contribution < 1.29 is 17.9 Å². The molecule has 20 heavy (non-hydrogen) atoms. The van der Waals surface area contributed by atoms with Crippen molar-refractivity contribution in [3.05, 3.63) is 54.1 Å². The molecule has 0 radical (unpaired) electrons. The lowest BCUT2D eigenvalue weighted by atomic mass is 9.99. The molecule has 0 aliphatic rings. The summed E-state index contributed by atoms with van der Waals surface area (Å²) >= 11 is 0. The van der Waals surface area contributed by atoms with Gasteiger partial charge in [-0.3, -0.25) is 0 Å². The van der Waals surface area contributed by atoms with Gasteiger partial charge in [-0.05, 0) is 35.9 Å². The van der Waals surface area contributed by atoms with Crippen LogP contribution in [0.3, 0.4) is 0 Å². The van der Waals surface area contributed by atoms with Crippen molar-refractivity contribution in [3.8, 4) is 16.9 Å². The smallest absolute Gasteiger partial charge is 0.406 e. The Kier molecular flexibility index (Phi) is 4.29. The molecule has 0 bridgehead atoms. The zero-order valence-electron chi connectivity index (χ0n) is 10.9. The molecule has 0 atom stereocenters. The Morgan fingerprint density at radius 1 is 1.05 bits per heavy atom. The van der Waals surface area contributed by atoms with Gasteiger partial charge in [-0.15, -0.1) is 13.2 Å². The van der Waals surface area contributed by atoms with E-state index in [4.69, 9.17) is 0 Å². The lowest BCUT2D eigenvalue weighted by Crippen LogP contribution is -2.17. The summed E-state index contributed by atoms with van der Waals surface area (Å²) in [5, 5.41) is 3.04. The fraction of sp³-hybridized carbons (Fsp3) is 0.200. The van der Waals surface area contributed by atoms with E-state index < -0.39 is 6.36 Å². The van der Waals surface area contributed by atoms with Crippen molar-refractivity contribution in [2.24, 2.45) is 0 Å². The summed E-state index contributed by atoms with van der Waals surface area (Å²) in [6.07, 6.45) is -4.68. The van der Waals surface area contributed by atoms with Crippen LogP contribution in [0, 0.1) is 0 Å². The molecule has 0 heterocycles. The molecule has 2 rings (SSSR count). The second-order valence-corrected chi connectivity index (χ2v) is 4.26. The van der Waals surface area contributed by atoms with E-state index >= 15 is 0 Å². The van der Waals surface area contributed by atoms with Gasteiger partial charge in [0.05, 0.1) is 0 Å². The first kappa shape index (κ1) is 14.4. The highest BCUT2D eigenvalue weighted by atomic mass is 19.4. The predicted molar refractivity (Wildman–Crippen MR) is 71.3 cm³/mol. The van der Waals surface area contributed by atoms with Gasteiger partial charge in [-0.1, -0.05) is 36.4 Å². The number of ether oxygens (including phenoxy) is 1. The average Bonchev–Trinajstić information content (AvgIpc) is 2.38. The Labute approximate surface area is 115 Å². The van der Waals surface area contributed by atoms with Gasteiger partial charge in [0.1, 0.15) is 5.75 Å². The lowest BCUT2D eigenvalue weighted by Gasteiger charge is -2.12. The van der Waals surface area contributed by atoms with E-state index in [1.165, 1.54) is 12.1 Å². The zero-order chi connectivity index (χ0) is 14.6. The fourth-order valence-electron chi connectivity index (χ4n) is 2.01. The van der Waals surface area contributed by atoms with Gasteiger partial charge in [0.15, 0.2) is 0 Å². The SMILES string of the molecule is CNCc1ccccc1-c1cccc(OC(F)(F)F)c1. The van der Waals surface area contributed by atoms with Crippen LogP contribution in [0.5, 0.6) is 5.75 Å². The van der Waals surface area contributed by atoms with Crippen molar-refractivity contribution in [1.82, 2.24) is 5.32 Å². The van der Waals surface area contributed by atoms with Crippen LogP contribution >= 0.6 is 0 Å². The summed E-state index contributed by atoms with van der Waals surface area (Å²) in [7, 11) is 1.82. The molecule has 0 spiro atoms. The van der Waals surface area contributed by atoms with E-state index in [9.17, 15) is 13.2 Å². The van der Waals surface area contributed by atoms with Gasteiger partial charge in [-0.25, -0.2) is 0 Å². The van der Waals surface area contributed by atoms with E-state index in [1.807, 2.05) is 31.3 Å².